The largest absolute Gasteiger partial charge is 0.508 e. The Morgan fingerprint density at radius 1 is 1.13 bits per heavy atom. The molecule has 0 radical (unpaired) electrons. The summed E-state index contributed by atoms with van der Waals surface area (Å²) >= 11 is 0. The van der Waals surface area contributed by atoms with E-state index in [1.807, 2.05) is 31.2 Å². The molecule has 0 aliphatic heterocycles. The van der Waals surface area contributed by atoms with Gasteiger partial charge in [-0.1, -0.05) is 25.1 Å². The molecule has 2 aromatic carbocycles. The van der Waals surface area contributed by atoms with Crippen LogP contribution in [0.2, 0.25) is 0 Å². The lowest BCUT2D eigenvalue weighted by molar-refractivity contribution is 0.403. The van der Waals surface area contributed by atoms with Crippen molar-refractivity contribution in [3.63, 3.8) is 0 Å². The van der Waals surface area contributed by atoms with Gasteiger partial charge in [0.25, 0.3) is 0 Å². The van der Waals surface area contributed by atoms with Crippen molar-refractivity contribution >= 4 is 11.0 Å². The summed E-state index contributed by atoms with van der Waals surface area (Å²) in [5, 5.41) is 19.6. The third-order valence-electron chi connectivity index (χ3n) is 3.85. The monoisotopic (exact) mass is 312 g/mol. The third kappa shape index (κ3) is 2.61. The molecule has 1 atom stereocenters. The minimum atomic E-state index is -0.325. The van der Waals surface area contributed by atoms with Crippen LogP contribution in [0.5, 0.6) is 17.2 Å². The fourth-order valence-corrected chi connectivity index (χ4v) is 2.63. The summed E-state index contributed by atoms with van der Waals surface area (Å²) in [7, 11) is 1.58. The number of aromatic hydroxyl groups is 2. The lowest BCUT2D eigenvalue weighted by atomic mass is 9.97. The van der Waals surface area contributed by atoms with Gasteiger partial charge in [0.05, 0.1) is 12.5 Å². The average molecular weight is 312 g/mol. The van der Waals surface area contributed by atoms with Gasteiger partial charge in [-0.15, -0.1) is 0 Å². The van der Waals surface area contributed by atoms with Crippen LogP contribution in [0.1, 0.15) is 24.2 Å². The first kappa shape index (κ1) is 15.0. The number of phenolic OH excluding ortho intramolecular Hbond substituents is 2. The van der Waals surface area contributed by atoms with Crippen molar-refractivity contribution in [2.75, 3.05) is 7.11 Å². The lowest BCUT2D eigenvalue weighted by Crippen LogP contribution is -2.06. The van der Waals surface area contributed by atoms with Gasteiger partial charge in [-0.05, 0) is 12.1 Å². The molecule has 3 rings (SSSR count). The molecule has 0 aliphatic rings. The quantitative estimate of drug-likeness (QED) is 0.775. The highest BCUT2D eigenvalue weighted by Gasteiger charge is 2.18. The Hall–Kier alpha value is -2.95. The SMILES string of the molecule is COc1ccccc1C(C)c1cc(=O)c2cc(O)cc(O)c2o1. The van der Waals surface area contributed by atoms with Crippen molar-refractivity contribution < 1.29 is 19.4 Å². The van der Waals surface area contributed by atoms with Gasteiger partial charge in [0.1, 0.15) is 17.3 Å². The molecule has 3 aromatic rings. The van der Waals surface area contributed by atoms with Gasteiger partial charge in [0.15, 0.2) is 16.8 Å². The first-order valence-electron chi connectivity index (χ1n) is 7.14. The number of methoxy groups -OCH3 is 1. The zero-order chi connectivity index (χ0) is 16.6. The highest BCUT2D eigenvalue weighted by molar-refractivity contribution is 5.83. The van der Waals surface area contributed by atoms with Crippen molar-refractivity contribution in [2.24, 2.45) is 0 Å². The summed E-state index contributed by atoms with van der Waals surface area (Å²) in [6.07, 6.45) is 0. The van der Waals surface area contributed by atoms with E-state index in [2.05, 4.69) is 0 Å². The summed E-state index contributed by atoms with van der Waals surface area (Å²) in [5.74, 6) is 0.404. The molecule has 0 bridgehead atoms. The highest BCUT2D eigenvalue weighted by Crippen LogP contribution is 2.34. The molecule has 1 aromatic heterocycles. The van der Waals surface area contributed by atoms with E-state index in [1.165, 1.54) is 12.1 Å². The van der Waals surface area contributed by atoms with Gasteiger partial charge in [0, 0.05) is 23.6 Å². The predicted molar refractivity (Wildman–Crippen MR) is 86.3 cm³/mol. The molecule has 118 valence electrons. The van der Waals surface area contributed by atoms with E-state index < -0.39 is 0 Å². The Labute approximate surface area is 132 Å². The standard InChI is InChI=1S/C18H16O5/c1-10(12-5-3-4-6-16(12)22-2)17-9-14(20)13-7-11(19)8-15(21)18(13)23-17/h3-10,19,21H,1-2H3. The van der Waals surface area contributed by atoms with Crippen LogP contribution in [-0.4, -0.2) is 17.3 Å². The van der Waals surface area contributed by atoms with Crippen LogP contribution < -0.4 is 10.2 Å². The Morgan fingerprint density at radius 2 is 1.87 bits per heavy atom. The molecular weight excluding hydrogens is 296 g/mol. The predicted octanol–water partition coefficient (Wildman–Crippen LogP) is 3.36. The molecule has 23 heavy (non-hydrogen) atoms. The maximum atomic E-state index is 12.3. The molecule has 1 unspecified atom stereocenters. The first-order valence-corrected chi connectivity index (χ1v) is 7.14. The smallest absolute Gasteiger partial charge is 0.193 e. The fraction of sp³-hybridized carbons (Fsp3) is 0.167. The molecule has 2 N–H and O–H groups in total. The normalized spacial score (nSPS) is 12.3. The number of hydrogen-bond donors (Lipinski definition) is 2. The minimum Gasteiger partial charge on any atom is -0.508 e. The molecular formula is C18H16O5. The topological polar surface area (TPSA) is 79.9 Å². The molecule has 5 nitrogen and oxygen atoms in total. The van der Waals surface area contributed by atoms with E-state index in [0.29, 0.717) is 11.5 Å². The van der Waals surface area contributed by atoms with Gasteiger partial charge in [-0.2, -0.15) is 0 Å². The molecule has 0 saturated carbocycles. The fourth-order valence-electron chi connectivity index (χ4n) is 2.63. The zero-order valence-electron chi connectivity index (χ0n) is 12.7. The summed E-state index contributed by atoms with van der Waals surface area (Å²) in [6.45, 7) is 1.89. The van der Waals surface area contributed by atoms with Crippen LogP contribution in [0.15, 0.2) is 51.7 Å². The second-order valence-corrected chi connectivity index (χ2v) is 5.32. The van der Waals surface area contributed by atoms with E-state index >= 15 is 0 Å². The van der Waals surface area contributed by atoms with Crippen LogP contribution in [0.25, 0.3) is 11.0 Å². The number of benzene rings is 2. The number of rotatable bonds is 3. The molecule has 0 spiro atoms. The van der Waals surface area contributed by atoms with Gasteiger partial charge < -0.3 is 19.4 Å². The number of ether oxygens (including phenoxy) is 1. The molecule has 0 saturated heterocycles. The number of phenols is 2. The molecule has 5 heteroatoms. The van der Waals surface area contributed by atoms with Crippen LogP contribution >= 0.6 is 0 Å². The van der Waals surface area contributed by atoms with Crippen LogP contribution in [0, 0.1) is 0 Å². The lowest BCUT2D eigenvalue weighted by Gasteiger charge is -2.15. The molecule has 0 amide bonds. The van der Waals surface area contributed by atoms with Crippen molar-refractivity contribution in [3.05, 3.63) is 64.0 Å². The second kappa shape index (κ2) is 5.68. The maximum absolute atomic E-state index is 12.3. The maximum Gasteiger partial charge on any atom is 0.193 e. The van der Waals surface area contributed by atoms with E-state index in [0.717, 1.165) is 11.6 Å². The Bertz CT molecular complexity index is 926. The number of fused-ring (bicyclic) bond motifs is 1. The molecule has 0 fully saturated rings. The Kier molecular flexibility index (Phi) is 3.70. The average Bonchev–Trinajstić information content (AvgIpc) is 2.55. The Morgan fingerprint density at radius 3 is 2.61 bits per heavy atom. The summed E-state index contributed by atoms with van der Waals surface area (Å²) in [4.78, 5) is 12.3. The molecule has 1 heterocycles. The number of hydrogen-bond acceptors (Lipinski definition) is 5. The van der Waals surface area contributed by atoms with Gasteiger partial charge in [0.2, 0.25) is 0 Å². The number of para-hydroxylation sites is 1. The van der Waals surface area contributed by atoms with Crippen molar-refractivity contribution in [2.45, 2.75) is 12.8 Å². The molecule has 0 aliphatic carbocycles. The minimum absolute atomic E-state index is 0.0621. The summed E-state index contributed by atoms with van der Waals surface area (Å²) in [5.41, 5.74) is 0.608. The van der Waals surface area contributed by atoms with E-state index in [4.69, 9.17) is 9.15 Å². The second-order valence-electron chi connectivity index (χ2n) is 5.32. The Balaban J connectivity index is 2.19. The third-order valence-corrected chi connectivity index (χ3v) is 3.85. The summed E-state index contributed by atoms with van der Waals surface area (Å²) < 4.78 is 11.1. The van der Waals surface area contributed by atoms with E-state index in [-0.39, 0.29) is 33.8 Å². The van der Waals surface area contributed by atoms with Crippen molar-refractivity contribution in [1.82, 2.24) is 0 Å². The van der Waals surface area contributed by atoms with Crippen LogP contribution in [0.3, 0.4) is 0 Å². The van der Waals surface area contributed by atoms with Crippen LogP contribution in [-0.2, 0) is 0 Å². The van der Waals surface area contributed by atoms with Gasteiger partial charge >= 0.3 is 0 Å². The summed E-state index contributed by atoms with van der Waals surface area (Å²) in [6, 6.07) is 11.3. The van der Waals surface area contributed by atoms with E-state index in [9.17, 15) is 15.0 Å². The van der Waals surface area contributed by atoms with E-state index in [1.54, 1.807) is 7.11 Å². The van der Waals surface area contributed by atoms with Crippen molar-refractivity contribution in [3.8, 4) is 17.2 Å². The highest BCUT2D eigenvalue weighted by atomic mass is 16.5. The zero-order valence-corrected chi connectivity index (χ0v) is 12.7. The van der Waals surface area contributed by atoms with Crippen molar-refractivity contribution in [1.29, 1.82) is 0 Å². The van der Waals surface area contributed by atoms with Gasteiger partial charge in [-0.25, -0.2) is 0 Å². The first-order chi connectivity index (χ1) is 11.0. The van der Waals surface area contributed by atoms with Crippen LogP contribution in [0.4, 0.5) is 0 Å². The van der Waals surface area contributed by atoms with Gasteiger partial charge in [-0.3, -0.25) is 4.79 Å².